The topological polar surface area (TPSA) is 18.5 Å². The fourth-order valence-corrected chi connectivity index (χ4v) is 3.46. The number of benzene rings is 2. The van der Waals surface area contributed by atoms with Crippen LogP contribution in [-0.4, -0.2) is 41.1 Å². The van der Waals surface area contributed by atoms with Crippen LogP contribution in [0.3, 0.4) is 0 Å². The van der Waals surface area contributed by atoms with Gasteiger partial charge in [-0.2, -0.15) is 0 Å². The lowest BCUT2D eigenvalue weighted by Gasteiger charge is -2.36. The van der Waals surface area contributed by atoms with E-state index in [-0.39, 0.29) is 5.82 Å². The van der Waals surface area contributed by atoms with Crippen molar-refractivity contribution in [1.82, 2.24) is 9.80 Å². The van der Waals surface area contributed by atoms with Crippen LogP contribution >= 0.6 is 23.8 Å². The summed E-state index contributed by atoms with van der Waals surface area (Å²) in [5, 5.41) is 4.51. The summed E-state index contributed by atoms with van der Waals surface area (Å²) in [5.74, 6) is -0.244. The quantitative estimate of drug-likeness (QED) is 0.803. The third-order valence-electron chi connectivity index (χ3n) is 4.37. The molecule has 0 spiro atoms. The summed E-state index contributed by atoms with van der Waals surface area (Å²) in [4.78, 5) is 4.35. The highest BCUT2D eigenvalue weighted by molar-refractivity contribution is 7.80. The SMILES string of the molecule is Cc1cccc(NC(=S)N2CCN(Cc3c(F)cccc3Cl)CC2)c1. The van der Waals surface area contributed by atoms with E-state index in [9.17, 15) is 4.39 Å². The molecule has 0 aliphatic carbocycles. The molecule has 0 atom stereocenters. The Kier molecular flexibility index (Phi) is 5.89. The molecule has 3 nitrogen and oxygen atoms in total. The molecule has 2 aromatic carbocycles. The van der Waals surface area contributed by atoms with Crippen LogP contribution < -0.4 is 5.32 Å². The summed E-state index contributed by atoms with van der Waals surface area (Å²) in [6, 6.07) is 13.0. The van der Waals surface area contributed by atoms with E-state index >= 15 is 0 Å². The van der Waals surface area contributed by atoms with Crippen molar-refractivity contribution in [2.45, 2.75) is 13.5 Å². The summed E-state index contributed by atoms with van der Waals surface area (Å²) in [5.41, 5.74) is 2.77. The van der Waals surface area contributed by atoms with Crippen LogP contribution in [0.25, 0.3) is 0 Å². The zero-order chi connectivity index (χ0) is 17.8. The molecule has 25 heavy (non-hydrogen) atoms. The van der Waals surface area contributed by atoms with Gasteiger partial charge in [-0.25, -0.2) is 4.39 Å². The Balaban J connectivity index is 1.54. The second-order valence-corrected chi connectivity index (χ2v) is 7.06. The van der Waals surface area contributed by atoms with Gasteiger partial charge in [-0.3, -0.25) is 4.90 Å². The van der Waals surface area contributed by atoms with Gasteiger partial charge in [0.1, 0.15) is 5.82 Å². The van der Waals surface area contributed by atoms with Crippen molar-refractivity contribution in [1.29, 1.82) is 0 Å². The molecule has 1 N–H and O–H groups in total. The minimum Gasteiger partial charge on any atom is -0.346 e. The monoisotopic (exact) mass is 377 g/mol. The number of halogens is 2. The maximum Gasteiger partial charge on any atom is 0.173 e. The maximum absolute atomic E-state index is 13.9. The number of aryl methyl sites for hydroxylation is 1. The van der Waals surface area contributed by atoms with Crippen molar-refractivity contribution in [2.75, 3.05) is 31.5 Å². The Hall–Kier alpha value is -1.69. The van der Waals surface area contributed by atoms with Gasteiger partial charge in [-0.1, -0.05) is 29.8 Å². The number of nitrogens with zero attached hydrogens (tertiary/aromatic N) is 2. The van der Waals surface area contributed by atoms with E-state index in [2.05, 4.69) is 34.2 Å². The third-order valence-corrected chi connectivity index (χ3v) is 5.09. The number of hydrogen-bond acceptors (Lipinski definition) is 2. The van der Waals surface area contributed by atoms with E-state index < -0.39 is 0 Å². The molecule has 6 heteroatoms. The van der Waals surface area contributed by atoms with E-state index in [4.69, 9.17) is 23.8 Å². The lowest BCUT2D eigenvalue weighted by molar-refractivity contribution is 0.175. The van der Waals surface area contributed by atoms with Crippen molar-refractivity contribution in [3.63, 3.8) is 0 Å². The summed E-state index contributed by atoms with van der Waals surface area (Å²) in [6.45, 7) is 5.84. The molecule has 0 aromatic heterocycles. The number of nitrogens with one attached hydrogen (secondary N) is 1. The van der Waals surface area contributed by atoms with Crippen molar-refractivity contribution < 1.29 is 4.39 Å². The first-order chi connectivity index (χ1) is 12.0. The molecule has 1 aliphatic heterocycles. The molecule has 3 rings (SSSR count). The zero-order valence-corrected chi connectivity index (χ0v) is 15.7. The predicted octanol–water partition coefficient (Wildman–Crippen LogP) is 4.30. The molecule has 0 radical (unpaired) electrons. The van der Waals surface area contributed by atoms with Gasteiger partial charge in [-0.05, 0) is 49.0 Å². The second kappa shape index (κ2) is 8.13. The second-order valence-electron chi connectivity index (χ2n) is 6.26. The van der Waals surface area contributed by atoms with Crippen LogP contribution in [0.4, 0.5) is 10.1 Å². The van der Waals surface area contributed by atoms with Gasteiger partial charge in [0.25, 0.3) is 0 Å². The number of anilines is 1. The maximum atomic E-state index is 13.9. The van der Waals surface area contributed by atoms with E-state index in [1.165, 1.54) is 11.6 Å². The standard InChI is InChI=1S/C19H21ClFN3S/c1-14-4-2-5-15(12-14)22-19(25)24-10-8-23(9-11-24)13-16-17(20)6-3-7-18(16)21/h2-7,12H,8-11,13H2,1H3,(H,22,25). The predicted molar refractivity (Wildman–Crippen MR) is 106 cm³/mol. The van der Waals surface area contributed by atoms with Crippen molar-refractivity contribution >= 4 is 34.6 Å². The fraction of sp³-hybridized carbons (Fsp3) is 0.316. The van der Waals surface area contributed by atoms with Gasteiger partial charge in [0.05, 0.1) is 0 Å². The zero-order valence-electron chi connectivity index (χ0n) is 14.1. The van der Waals surface area contributed by atoms with Gasteiger partial charge in [0.15, 0.2) is 5.11 Å². The highest BCUT2D eigenvalue weighted by atomic mass is 35.5. The number of piperazine rings is 1. The summed E-state index contributed by atoms with van der Waals surface area (Å²) in [6.07, 6.45) is 0. The largest absolute Gasteiger partial charge is 0.346 e. The number of thiocarbonyl (C=S) groups is 1. The first-order valence-electron chi connectivity index (χ1n) is 8.31. The molecule has 0 bridgehead atoms. The lowest BCUT2D eigenvalue weighted by Crippen LogP contribution is -2.49. The van der Waals surface area contributed by atoms with E-state index in [0.717, 1.165) is 37.0 Å². The van der Waals surface area contributed by atoms with Gasteiger partial charge in [0.2, 0.25) is 0 Å². The van der Waals surface area contributed by atoms with Crippen molar-refractivity contribution in [3.05, 3.63) is 64.4 Å². The number of hydrogen-bond donors (Lipinski definition) is 1. The summed E-state index contributed by atoms with van der Waals surface area (Å²) >= 11 is 11.6. The van der Waals surface area contributed by atoms with Crippen molar-refractivity contribution in [3.8, 4) is 0 Å². The molecule has 132 valence electrons. The first-order valence-corrected chi connectivity index (χ1v) is 9.09. The molecule has 1 saturated heterocycles. The molecule has 0 saturated carbocycles. The third kappa shape index (κ3) is 4.69. The molecule has 0 unspecified atom stereocenters. The van der Waals surface area contributed by atoms with Crippen LogP contribution in [0.1, 0.15) is 11.1 Å². The molecule has 1 aliphatic rings. The van der Waals surface area contributed by atoms with Crippen LogP contribution in [-0.2, 0) is 6.54 Å². The molecular formula is C19H21ClFN3S. The fourth-order valence-electron chi connectivity index (χ4n) is 2.94. The highest BCUT2D eigenvalue weighted by Crippen LogP contribution is 2.21. The van der Waals surface area contributed by atoms with Gasteiger partial charge < -0.3 is 10.2 Å². The molecule has 1 heterocycles. The Morgan fingerprint density at radius 2 is 1.88 bits per heavy atom. The van der Waals surface area contributed by atoms with Gasteiger partial charge >= 0.3 is 0 Å². The van der Waals surface area contributed by atoms with Crippen LogP contribution in [0.2, 0.25) is 5.02 Å². The normalized spacial score (nSPS) is 15.2. The average Bonchev–Trinajstić information content (AvgIpc) is 2.59. The lowest BCUT2D eigenvalue weighted by atomic mass is 10.2. The van der Waals surface area contributed by atoms with E-state index in [1.54, 1.807) is 12.1 Å². The number of rotatable bonds is 3. The van der Waals surface area contributed by atoms with E-state index in [0.29, 0.717) is 17.1 Å². The Morgan fingerprint density at radius 3 is 2.56 bits per heavy atom. The molecular weight excluding hydrogens is 357 g/mol. The highest BCUT2D eigenvalue weighted by Gasteiger charge is 2.20. The van der Waals surface area contributed by atoms with Crippen molar-refractivity contribution in [2.24, 2.45) is 0 Å². The Bertz CT molecular complexity index is 740. The molecule has 0 amide bonds. The smallest absolute Gasteiger partial charge is 0.173 e. The molecule has 2 aromatic rings. The Labute approximate surface area is 158 Å². The molecule has 1 fully saturated rings. The van der Waals surface area contributed by atoms with Gasteiger partial charge in [0, 0.05) is 49.0 Å². The van der Waals surface area contributed by atoms with Crippen LogP contribution in [0.5, 0.6) is 0 Å². The van der Waals surface area contributed by atoms with E-state index in [1.807, 2.05) is 12.1 Å². The van der Waals surface area contributed by atoms with Gasteiger partial charge in [-0.15, -0.1) is 0 Å². The minimum absolute atomic E-state index is 0.244. The summed E-state index contributed by atoms with van der Waals surface area (Å²) < 4.78 is 13.9. The minimum atomic E-state index is -0.244. The summed E-state index contributed by atoms with van der Waals surface area (Å²) in [7, 11) is 0. The average molecular weight is 378 g/mol. The Morgan fingerprint density at radius 1 is 1.16 bits per heavy atom. The first kappa shape index (κ1) is 18.1. The van der Waals surface area contributed by atoms with Crippen LogP contribution in [0.15, 0.2) is 42.5 Å². The van der Waals surface area contributed by atoms with Crippen LogP contribution in [0, 0.1) is 12.7 Å².